The molecule has 0 radical (unpaired) electrons. The first-order chi connectivity index (χ1) is 47.6. The number of aromatic nitrogens is 2. The Morgan fingerprint density at radius 2 is 0.942 bits per heavy atom. The third-order valence-electron chi connectivity index (χ3n) is 16.7. The summed E-state index contributed by atoms with van der Waals surface area (Å²) in [6.07, 6.45) is 5.43. The molecule has 0 bridgehead atoms. The highest BCUT2D eigenvalue weighted by Gasteiger charge is 2.48. The number of anilines is 1. The van der Waals surface area contributed by atoms with Crippen molar-refractivity contribution < 1.29 is 120 Å². The number of nitrogens with one attached hydrogen (secondary N) is 4. The van der Waals surface area contributed by atoms with Gasteiger partial charge in [-0.3, -0.25) is 51.3 Å². The summed E-state index contributed by atoms with van der Waals surface area (Å²) in [6.45, 7) is 4.82. The van der Waals surface area contributed by atoms with Gasteiger partial charge in [-0.05, 0) is 114 Å². The minimum atomic E-state index is -5.25. The van der Waals surface area contributed by atoms with Crippen LogP contribution in [0.15, 0.2) is 107 Å². The Morgan fingerprint density at radius 1 is 0.515 bits per heavy atom. The second-order valence-electron chi connectivity index (χ2n) is 24.9. The molecule has 8 rings (SSSR count). The van der Waals surface area contributed by atoms with Gasteiger partial charge in [-0.25, -0.2) is 14.2 Å². The predicted molar refractivity (Wildman–Crippen MR) is 376 cm³/mol. The second-order valence-corrected chi connectivity index (χ2v) is 35.0. The summed E-state index contributed by atoms with van der Waals surface area (Å²) >= 11 is -2.32. The molecule has 41 heteroatoms. The van der Waals surface area contributed by atoms with E-state index in [2.05, 4.69) is 31.2 Å². The number of allylic oxidation sites excluding steroid dienone is 4. The van der Waals surface area contributed by atoms with Gasteiger partial charge in [0.25, 0.3) is 84.3 Å². The van der Waals surface area contributed by atoms with Crippen molar-refractivity contribution in [2.45, 2.75) is 80.4 Å². The van der Waals surface area contributed by atoms with Gasteiger partial charge in [0.05, 0.1) is 34.2 Å². The zero-order valence-electron chi connectivity index (χ0n) is 55.0. The van der Waals surface area contributed by atoms with E-state index in [-0.39, 0.29) is 94.1 Å². The van der Waals surface area contributed by atoms with Gasteiger partial charge in [0.1, 0.15) is 39.1 Å². The number of carbonyl (C=O) groups is 5. The summed E-state index contributed by atoms with van der Waals surface area (Å²) in [5.41, 5.74) is -1.94. The molecular weight excluding hydrogens is 1500 g/mol. The number of benzene rings is 4. The zero-order valence-corrected chi connectivity index (χ0v) is 60.8. The van der Waals surface area contributed by atoms with Crippen molar-refractivity contribution in [3.8, 4) is 22.3 Å². The first-order valence-corrected chi connectivity index (χ1v) is 41.5. The van der Waals surface area contributed by atoms with Gasteiger partial charge >= 0.3 is 5.97 Å². The van der Waals surface area contributed by atoms with Crippen molar-refractivity contribution in [2.75, 3.05) is 72.9 Å². The topological polar surface area (TPSA) is 549 Å². The Morgan fingerprint density at radius 3 is 1.36 bits per heavy atom. The van der Waals surface area contributed by atoms with Crippen molar-refractivity contribution in [1.29, 1.82) is 0 Å². The summed E-state index contributed by atoms with van der Waals surface area (Å²) in [5.74, 6) is -9.06. The van der Waals surface area contributed by atoms with Gasteiger partial charge in [-0.1, -0.05) is 50.6 Å². The van der Waals surface area contributed by atoms with Crippen LogP contribution in [0.4, 0.5) is 11.4 Å². The Labute approximate surface area is 594 Å². The highest BCUT2D eigenvalue weighted by atomic mass is 32.2. The molecule has 1 atom stereocenters. The lowest BCUT2D eigenvalue weighted by Gasteiger charge is -2.27. The van der Waals surface area contributed by atoms with Crippen LogP contribution in [0.1, 0.15) is 113 Å². The lowest BCUT2D eigenvalue weighted by Crippen LogP contribution is -2.32. The molecule has 556 valence electrons. The van der Waals surface area contributed by atoms with E-state index >= 15 is 0 Å². The molecule has 1 unspecified atom stereocenters. The number of unbranched alkanes of at least 4 members (excludes halogenated alkanes) is 2. The Balaban J connectivity index is 1.28. The van der Waals surface area contributed by atoms with Gasteiger partial charge < -0.3 is 35.8 Å². The van der Waals surface area contributed by atoms with Crippen molar-refractivity contribution in [1.82, 2.24) is 31.2 Å². The number of carbonyl (C=O) groups excluding carboxylic acids is 4. The average Bonchev–Trinajstić information content (AvgIpc) is 1.58. The highest BCUT2D eigenvalue weighted by molar-refractivity contribution is 7.87. The molecule has 2 aliphatic rings. The van der Waals surface area contributed by atoms with E-state index in [1.807, 2.05) is 13.8 Å². The van der Waals surface area contributed by atoms with E-state index in [4.69, 9.17) is 0 Å². The Bertz CT molecular complexity index is 5280. The molecule has 4 aromatic carbocycles. The first-order valence-electron chi connectivity index (χ1n) is 30.9. The molecule has 2 aromatic heterocycles. The van der Waals surface area contributed by atoms with Crippen LogP contribution in [0, 0.1) is 0 Å². The second kappa shape index (κ2) is 31.1. The molecule has 34 nitrogen and oxygen atoms in total. The standard InChI is InChI=1S/C62H70N8O26S7/c1-61(2)52(69(21-7-5-6-12-54(71)72)48-34-50(102(91,92)93)42-28-36(13-15-40(42)55(48)61)38-30-44(57(73)63-17-23-97(77)78)67-45(31-38)58(74)64-18-25-99(82,83)84)10-8-11-53-62(3,4)56-41-16-14-37(29-43(41)51(103(94,95)96)35-49(56)70(53)22-9-24-98(79,80)81)39-32-46(59(75)65-19-26-100(85,86)87)68-47(33-39)60(76)66-20-27-101(88,89)90/h8,10-11,13-16,28-35H,5-7,9,12,17-27H2,1-4H3,(H11-,63,64,65,66,71,72,73,74,75,76,77,78,79,80,81,82,83,84,85,86,87,88,89,90,91,92,93,94,95,96)/p+1. The summed E-state index contributed by atoms with van der Waals surface area (Å²) in [7, 11) is -28.8. The van der Waals surface area contributed by atoms with Crippen LogP contribution in [0.5, 0.6) is 0 Å². The maximum absolute atomic E-state index is 13.7. The van der Waals surface area contributed by atoms with E-state index < -0.39 is 193 Å². The fraction of sp³-hybridized carbons (Fsp3) is 0.355. The third kappa shape index (κ3) is 20.1. The molecule has 103 heavy (non-hydrogen) atoms. The first kappa shape index (κ1) is 80.3. The monoisotopic (exact) mass is 1570 g/mol. The fourth-order valence-electron chi connectivity index (χ4n) is 12.3. The number of rotatable bonds is 32. The summed E-state index contributed by atoms with van der Waals surface area (Å²) in [5, 5.41) is 18.8. The van der Waals surface area contributed by atoms with Crippen molar-refractivity contribution in [2.24, 2.45) is 0 Å². The van der Waals surface area contributed by atoms with E-state index in [9.17, 15) is 116 Å². The van der Waals surface area contributed by atoms with Crippen LogP contribution in [-0.4, -0.2) is 210 Å². The van der Waals surface area contributed by atoms with E-state index in [1.165, 1.54) is 54.6 Å². The number of hydrogen-bond donors (Lipinski definition) is 12. The molecule has 0 saturated heterocycles. The highest BCUT2D eigenvalue weighted by Crippen LogP contribution is 2.53. The average molecular weight is 1570 g/mol. The Hall–Kier alpha value is -8.43. The van der Waals surface area contributed by atoms with Crippen LogP contribution in [0.2, 0.25) is 0 Å². The molecule has 0 saturated carbocycles. The quantitative estimate of drug-likeness (QED) is 0.0123. The SMILES string of the molecule is CC1(C)C(/C=C/C=C2/N(CCCCCC(=O)O)c3cc(S(=O)(=O)O)c4cc(-c5cc(C(=O)NCCS(=O)O)nc(C(=O)NCCS(=O)(=O)O)c5)ccc4c3C2(C)C)=[N+](CCCS(=O)(=O)O)c2cc(S(=O)(=O)O)c3cc(-c4cc(C(=O)NCCS(=O)(=O)O)nc(C(=O)NCCS(=O)(=O)O)c4)ccc3c21. The van der Waals surface area contributed by atoms with E-state index in [0.717, 1.165) is 18.2 Å². The smallest absolute Gasteiger partial charge is 0.303 e. The zero-order chi connectivity index (χ0) is 76.3. The van der Waals surface area contributed by atoms with Crippen molar-refractivity contribution >= 4 is 140 Å². The molecule has 4 heterocycles. The van der Waals surface area contributed by atoms with Gasteiger partial charge in [0.15, 0.2) is 16.8 Å². The van der Waals surface area contributed by atoms with Gasteiger partial charge in [0.2, 0.25) is 5.69 Å². The Kier molecular flexibility index (Phi) is 24.2. The third-order valence-corrected chi connectivity index (χ3v) is 22.0. The number of pyridine rings is 2. The van der Waals surface area contributed by atoms with Gasteiger partial charge in [0, 0.05) is 90.8 Å². The molecule has 6 aromatic rings. The maximum Gasteiger partial charge on any atom is 0.303 e. The number of amides is 4. The van der Waals surface area contributed by atoms with Crippen LogP contribution in [0.25, 0.3) is 43.8 Å². The number of hydrogen-bond acceptors (Lipinski definition) is 21. The number of carboxylic acids is 1. The fourth-order valence-corrected chi connectivity index (χ4v) is 15.5. The number of fused-ring (bicyclic) bond motifs is 6. The van der Waals surface area contributed by atoms with Crippen LogP contribution in [0.3, 0.4) is 0 Å². The summed E-state index contributed by atoms with van der Waals surface area (Å²) < 4.78 is 230. The van der Waals surface area contributed by atoms with Crippen LogP contribution in [-0.2, 0) is 87.4 Å². The van der Waals surface area contributed by atoms with Crippen molar-refractivity contribution in [3.05, 3.63) is 131 Å². The number of carboxylic acid groups (broad SMARTS) is 1. The van der Waals surface area contributed by atoms with Gasteiger partial charge in [-0.2, -0.15) is 55.1 Å². The lowest BCUT2D eigenvalue weighted by atomic mass is 9.78. The molecule has 2 aliphatic heterocycles. The van der Waals surface area contributed by atoms with E-state index in [0.29, 0.717) is 35.4 Å². The van der Waals surface area contributed by atoms with Gasteiger partial charge in [-0.15, -0.1) is 0 Å². The van der Waals surface area contributed by atoms with Crippen molar-refractivity contribution in [3.63, 3.8) is 0 Å². The maximum atomic E-state index is 13.7. The molecule has 0 spiro atoms. The predicted octanol–water partition coefficient (Wildman–Crippen LogP) is 3.95. The van der Waals surface area contributed by atoms with Crippen LogP contribution >= 0.6 is 0 Å². The van der Waals surface area contributed by atoms with E-state index in [1.54, 1.807) is 41.6 Å². The molecule has 0 aliphatic carbocycles. The minimum Gasteiger partial charge on any atom is -0.481 e. The lowest BCUT2D eigenvalue weighted by molar-refractivity contribution is -0.437. The molecular formula is C62H71N8O26S7+. The summed E-state index contributed by atoms with van der Waals surface area (Å²) in [6, 6.07) is 15.6. The number of nitrogens with zero attached hydrogens (tertiary/aromatic N) is 4. The number of aliphatic carboxylic acids is 1. The summed E-state index contributed by atoms with van der Waals surface area (Å²) in [4.78, 5) is 74.0. The molecule has 0 fully saturated rings. The largest absolute Gasteiger partial charge is 0.481 e. The van der Waals surface area contributed by atoms with Crippen LogP contribution < -0.4 is 26.2 Å². The molecule has 4 amide bonds. The normalized spacial score (nSPS) is 15.4. The molecule has 12 N–H and O–H groups in total. The minimum absolute atomic E-state index is 0.0240.